The molecule has 1 saturated carbocycles. The van der Waals surface area contributed by atoms with Gasteiger partial charge in [-0.1, -0.05) is 116 Å². The Balaban J connectivity index is 1.07. The molecule has 3 aromatic rings. The van der Waals surface area contributed by atoms with Crippen molar-refractivity contribution in [2.75, 3.05) is 18.1 Å². The molecule has 4 unspecified atom stereocenters. The number of nitrogens with zero attached hydrogens (tertiary/aromatic N) is 1. The van der Waals surface area contributed by atoms with Crippen LogP contribution < -0.4 is 23.8 Å². The van der Waals surface area contributed by atoms with Crippen LogP contribution in [0.3, 0.4) is 0 Å². The molecule has 2 bridgehead atoms. The van der Waals surface area contributed by atoms with Gasteiger partial charge < -0.3 is 18.9 Å². The number of imide groups is 1. The van der Waals surface area contributed by atoms with Crippen molar-refractivity contribution in [3.05, 3.63) is 90.0 Å². The smallest absolute Gasteiger partial charge is 0.345 e. The molecule has 3 aliphatic rings. The van der Waals surface area contributed by atoms with E-state index in [0.29, 0.717) is 30.5 Å². The summed E-state index contributed by atoms with van der Waals surface area (Å²) in [5.41, 5.74) is 0.0862. The molecule has 1 heterocycles. The van der Waals surface area contributed by atoms with E-state index in [1.54, 1.807) is 48.5 Å². The number of fused-ring (bicyclic) bond motifs is 5. The van der Waals surface area contributed by atoms with Crippen molar-refractivity contribution in [2.24, 2.45) is 23.7 Å². The lowest BCUT2D eigenvalue weighted by molar-refractivity contribution is -0.123. The lowest BCUT2D eigenvalue weighted by Crippen LogP contribution is -2.34. The Kier molecular flexibility index (Phi) is 16.0. The molecule has 0 radical (unpaired) electrons. The molecular formula is C49H61NO8. The van der Waals surface area contributed by atoms with Gasteiger partial charge in [-0.2, -0.15) is 0 Å². The van der Waals surface area contributed by atoms with Gasteiger partial charge in [0.1, 0.15) is 23.0 Å². The average Bonchev–Trinajstić information content (AvgIpc) is 3.93. The van der Waals surface area contributed by atoms with E-state index >= 15 is 0 Å². The predicted octanol–water partition coefficient (Wildman–Crippen LogP) is 11.5. The van der Waals surface area contributed by atoms with Crippen molar-refractivity contribution < 1.29 is 38.1 Å². The number of allylic oxidation sites excluding steroid dienone is 2. The van der Waals surface area contributed by atoms with E-state index in [0.717, 1.165) is 37.0 Å². The van der Waals surface area contributed by atoms with Crippen LogP contribution in [0.15, 0.2) is 78.9 Å². The molecule has 310 valence electrons. The monoisotopic (exact) mass is 791 g/mol. The van der Waals surface area contributed by atoms with Gasteiger partial charge in [0.05, 0.1) is 41.9 Å². The Hall–Kier alpha value is -4.92. The molecule has 3 aromatic carbocycles. The Morgan fingerprint density at radius 2 is 0.948 bits per heavy atom. The number of esters is 2. The van der Waals surface area contributed by atoms with Crippen LogP contribution in [0.5, 0.6) is 23.0 Å². The second-order valence-electron chi connectivity index (χ2n) is 16.1. The summed E-state index contributed by atoms with van der Waals surface area (Å²) in [6.07, 6.45) is 24.3. The number of amides is 2. The number of anilines is 1. The standard InChI is InChI=1S/C49H61NO8/c1-3-5-7-9-11-13-15-17-31-55-38-22-26-40(27-23-38)57-48(53)37-21-30-42(43(34-37)50-46(51)44-35-19-20-36(33-35)45(44)47(50)52)49(54)58-41-28-24-39(25-29-41)56-32-18-16-14-12-10-8-6-4-2/h19-30,34-36,44-45H,3-18,31-33H2,1-2H3. The van der Waals surface area contributed by atoms with Crippen LogP contribution in [0.4, 0.5) is 5.69 Å². The quantitative estimate of drug-likeness (QED) is 0.0274. The average molecular weight is 792 g/mol. The Bertz CT molecular complexity index is 1820. The number of benzene rings is 3. The van der Waals surface area contributed by atoms with Crippen molar-refractivity contribution >= 4 is 29.4 Å². The van der Waals surface area contributed by atoms with Gasteiger partial charge in [0.25, 0.3) is 0 Å². The summed E-state index contributed by atoms with van der Waals surface area (Å²) in [5, 5.41) is 0. The highest BCUT2D eigenvalue weighted by atomic mass is 16.5. The lowest BCUT2D eigenvalue weighted by Gasteiger charge is -2.21. The van der Waals surface area contributed by atoms with Crippen LogP contribution in [0.25, 0.3) is 0 Å². The second-order valence-corrected chi connectivity index (χ2v) is 16.1. The fourth-order valence-corrected chi connectivity index (χ4v) is 8.54. The molecule has 2 amide bonds. The van der Waals surface area contributed by atoms with Crippen molar-refractivity contribution in [3.8, 4) is 23.0 Å². The number of hydrogen-bond acceptors (Lipinski definition) is 8. The third-order valence-electron chi connectivity index (χ3n) is 11.8. The van der Waals surface area contributed by atoms with Crippen LogP contribution in [0, 0.1) is 23.7 Å². The summed E-state index contributed by atoms with van der Waals surface area (Å²) >= 11 is 0. The van der Waals surface area contributed by atoms with Gasteiger partial charge in [-0.3, -0.25) is 9.59 Å². The lowest BCUT2D eigenvalue weighted by atomic mass is 9.85. The van der Waals surface area contributed by atoms with Crippen LogP contribution >= 0.6 is 0 Å². The summed E-state index contributed by atoms with van der Waals surface area (Å²) in [6.45, 7) is 5.69. The van der Waals surface area contributed by atoms with Gasteiger partial charge in [-0.15, -0.1) is 0 Å². The molecule has 9 heteroatoms. The molecule has 0 aromatic heterocycles. The first-order valence-corrected chi connectivity index (χ1v) is 22.0. The Morgan fingerprint density at radius 3 is 1.41 bits per heavy atom. The summed E-state index contributed by atoms with van der Waals surface area (Å²) in [5.74, 6) is -1.27. The van der Waals surface area contributed by atoms with E-state index in [1.165, 1.54) is 95.2 Å². The highest BCUT2D eigenvalue weighted by Crippen LogP contribution is 2.53. The van der Waals surface area contributed by atoms with E-state index in [4.69, 9.17) is 18.9 Å². The van der Waals surface area contributed by atoms with Crippen molar-refractivity contribution in [1.29, 1.82) is 0 Å². The molecule has 1 saturated heterocycles. The van der Waals surface area contributed by atoms with Crippen molar-refractivity contribution in [2.45, 2.75) is 123 Å². The fourth-order valence-electron chi connectivity index (χ4n) is 8.54. The maximum absolute atomic E-state index is 13.9. The zero-order valence-electron chi connectivity index (χ0n) is 34.5. The largest absolute Gasteiger partial charge is 0.494 e. The van der Waals surface area contributed by atoms with Crippen LogP contribution in [0.2, 0.25) is 0 Å². The third kappa shape index (κ3) is 11.2. The predicted molar refractivity (Wildman–Crippen MR) is 226 cm³/mol. The fraction of sp³-hybridized carbons (Fsp3) is 0.510. The molecule has 2 aliphatic carbocycles. The normalized spacial score (nSPS) is 19.1. The van der Waals surface area contributed by atoms with Crippen LogP contribution in [0.1, 0.15) is 144 Å². The van der Waals surface area contributed by atoms with E-state index < -0.39 is 23.8 Å². The molecule has 0 N–H and O–H groups in total. The maximum atomic E-state index is 13.9. The number of ether oxygens (including phenoxy) is 4. The van der Waals surface area contributed by atoms with Crippen molar-refractivity contribution in [3.63, 3.8) is 0 Å². The zero-order chi connectivity index (χ0) is 40.7. The Morgan fingerprint density at radius 1 is 0.534 bits per heavy atom. The highest BCUT2D eigenvalue weighted by molar-refractivity contribution is 6.25. The number of carbonyl (C=O) groups is 4. The van der Waals surface area contributed by atoms with Gasteiger partial charge in [-0.05, 0) is 97.8 Å². The van der Waals surface area contributed by atoms with Crippen molar-refractivity contribution in [1.82, 2.24) is 0 Å². The number of carbonyl (C=O) groups excluding carboxylic acids is 4. The minimum Gasteiger partial charge on any atom is -0.494 e. The molecule has 58 heavy (non-hydrogen) atoms. The molecular weight excluding hydrogens is 731 g/mol. The topological polar surface area (TPSA) is 108 Å². The summed E-state index contributed by atoms with van der Waals surface area (Å²) in [6, 6.07) is 17.9. The van der Waals surface area contributed by atoms with E-state index in [-0.39, 0.29) is 46.2 Å². The SMILES string of the molecule is CCCCCCCCCCOc1ccc(OC(=O)c2ccc(C(=O)Oc3ccc(OCCCCCCCCCC)cc3)c(N3C(=O)C4C5C=CC(C5)C4C3=O)c2)cc1. The summed E-state index contributed by atoms with van der Waals surface area (Å²) < 4.78 is 23.3. The minimum absolute atomic E-state index is 0.00783. The van der Waals surface area contributed by atoms with Gasteiger partial charge in [0.15, 0.2) is 0 Å². The number of unbranched alkanes of at least 4 members (excludes halogenated alkanes) is 14. The molecule has 0 spiro atoms. The summed E-state index contributed by atoms with van der Waals surface area (Å²) in [7, 11) is 0. The van der Waals surface area contributed by atoms with Gasteiger partial charge in [0, 0.05) is 0 Å². The number of rotatable bonds is 25. The second kappa shape index (κ2) is 21.7. The molecule has 9 nitrogen and oxygen atoms in total. The molecule has 2 fully saturated rings. The maximum Gasteiger partial charge on any atom is 0.345 e. The highest BCUT2D eigenvalue weighted by Gasteiger charge is 2.60. The van der Waals surface area contributed by atoms with Crippen LogP contribution in [-0.2, 0) is 9.59 Å². The summed E-state index contributed by atoms with van der Waals surface area (Å²) in [4.78, 5) is 56.2. The molecule has 6 rings (SSSR count). The Labute approximate surface area is 344 Å². The first-order chi connectivity index (χ1) is 28.4. The number of hydrogen-bond donors (Lipinski definition) is 0. The van der Waals surface area contributed by atoms with Gasteiger partial charge in [-0.25, -0.2) is 14.5 Å². The van der Waals surface area contributed by atoms with Gasteiger partial charge in [0.2, 0.25) is 11.8 Å². The van der Waals surface area contributed by atoms with E-state index in [2.05, 4.69) is 13.8 Å². The minimum atomic E-state index is -0.760. The van der Waals surface area contributed by atoms with Gasteiger partial charge >= 0.3 is 11.9 Å². The zero-order valence-corrected chi connectivity index (χ0v) is 34.5. The third-order valence-corrected chi connectivity index (χ3v) is 11.8. The van der Waals surface area contributed by atoms with E-state index in [9.17, 15) is 19.2 Å². The van der Waals surface area contributed by atoms with E-state index in [1.807, 2.05) is 12.2 Å². The first kappa shape index (κ1) is 42.7. The van der Waals surface area contributed by atoms with Crippen LogP contribution in [-0.4, -0.2) is 37.0 Å². The molecule has 4 atom stereocenters. The molecule has 1 aliphatic heterocycles. The first-order valence-electron chi connectivity index (χ1n) is 22.0.